The molecule has 0 aromatic carbocycles. The maximum absolute atomic E-state index is 11.9. The highest BCUT2D eigenvalue weighted by Crippen LogP contribution is 2.22. The Morgan fingerprint density at radius 3 is 2.71 bits per heavy atom. The van der Waals surface area contributed by atoms with Crippen LogP contribution in [0.1, 0.15) is 19.8 Å². The van der Waals surface area contributed by atoms with Crippen molar-refractivity contribution in [3.8, 4) is 0 Å². The van der Waals surface area contributed by atoms with Crippen molar-refractivity contribution < 1.29 is 4.79 Å². The van der Waals surface area contributed by atoms with Gasteiger partial charge in [0.15, 0.2) is 0 Å². The van der Waals surface area contributed by atoms with Crippen LogP contribution in [0.15, 0.2) is 0 Å². The Hall–Kier alpha value is -0.0300. The number of nitrogens with zero attached hydrogens (tertiary/aromatic N) is 2. The number of hydrogen-bond acceptors (Lipinski definition) is 3. The maximum atomic E-state index is 11.9. The van der Waals surface area contributed by atoms with Crippen molar-refractivity contribution in [3.05, 3.63) is 0 Å². The van der Waals surface area contributed by atoms with E-state index in [0.717, 1.165) is 19.6 Å². The minimum absolute atomic E-state index is 0. The van der Waals surface area contributed by atoms with Crippen molar-refractivity contribution in [2.24, 2.45) is 11.7 Å². The standard InChI is InChI=1S/C11H21N3O.2ClH/c1-9(7-12)11(15)14-6-5-13-4-2-3-10(13)8-14;;/h9-10H,2-8,12H2,1H3;2*1H. The first-order valence-electron chi connectivity index (χ1n) is 5.95. The predicted molar refractivity (Wildman–Crippen MR) is 73.9 cm³/mol. The van der Waals surface area contributed by atoms with Crippen molar-refractivity contribution in [2.45, 2.75) is 25.8 Å². The summed E-state index contributed by atoms with van der Waals surface area (Å²) in [7, 11) is 0. The largest absolute Gasteiger partial charge is 0.340 e. The smallest absolute Gasteiger partial charge is 0.226 e. The van der Waals surface area contributed by atoms with Gasteiger partial charge in [0, 0.05) is 38.1 Å². The number of halogens is 2. The summed E-state index contributed by atoms with van der Waals surface area (Å²) < 4.78 is 0. The summed E-state index contributed by atoms with van der Waals surface area (Å²) in [5, 5.41) is 0. The van der Waals surface area contributed by atoms with E-state index in [-0.39, 0.29) is 36.6 Å². The van der Waals surface area contributed by atoms with E-state index >= 15 is 0 Å². The number of piperazine rings is 1. The van der Waals surface area contributed by atoms with Gasteiger partial charge in [-0.25, -0.2) is 0 Å². The lowest BCUT2D eigenvalue weighted by Gasteiger charge is -2.38. The summed E-state index contributed by atoms with van der Waals surface area (Å²) >= 11 is 0. The minimum atomic E-state index is -0.0158. The van der Waals surface area contributed by atoms with E-state index in [4.69, 9.17) is 5.73 Å². The van der Waals surface area contributed by atoms with E-state index in [1.54, 1.807) is 0 Å². The number of fused-ring (bicyclic) bond motifs is 1. The van der Waals surface area contributed by atoms with Crippen molar-refractivity contribution in [2.75, 3.05) is 32.7 Å². The fraction of sp³-hybridized carbons (Fsp3) is 0.909. The first kappa shape index (κ1) is 17.0. The third-order valence-electron chi connectivity index (χ3n) is 3.67. The van der Waals surface area contributed by atoms with Gasteiger partial charge >= 0.3 is 0 Å². The van der Waals surface area contributed by atoms with Gasteiger partial charge in [-0.2, -0.15) is 0 Å². The van der Waals surface area contributed by atoms with Gasteiger partial charge in [-0.1, -0.05) is 6.92 Å². The van der Waals surface area contributed by atoms with E-state index in [1.165, 1.54) is 19.4 Å². The van der Waals surface area contributed by atoms with Crippen LogP contribution in [0.25, 0.3) is 0 Å². The highest BCUT2D eigenvalue weighted by molar-refractivity contribution is 5.85. The molecule has 2 heterocycles. The van der Waals surface area contributed by atoms with Crippen LogP contribution in [-0.2, 0) is 4.79 Å². The van der Waals surface area contributed by atoms with Crippen molar-refractivity contribution >= 4 is 30.7 Å². The molecule has 2 aliphatic heterocycles. The zero-order valence-electron chi connectivity index (χ0n) is 10.3. The molecule has 0 radical (unpaired) electrons. The van der Waals surface area contributed by atoms with Gasteiger partial charge in [-0.15, -0.1) is 24.8 Å². The average Bonchev–Trinajstić information content (AvgIpc) is 2.73. The summed E-state index contributed by atoms with van der Waals surface area (Å²) in [4.78, 5) is 16.5. The van der Waals surface area contributed by atoms with Crippen molar-refractivity contribution in [3.63, 3.8) is 0 Å². The summed E-state index contributed by atoms with van der Waals surface area (Å²) in [6.45, 7) is 6.46. The highest BCUT2D eigenvalue weighted by atomic mass is 35.5. The zero-order chi connectivity index (χ0) is 10.8. The molecule has 2 fully saturated rings. The number of carbonyl (C=O) groups is 1. The molecule has 102 valence electrons. The quantitative estimate of drug-likeness (QED) is 0.813. The fourth-order valence-corrected chi connectivity index (χ4v) is 2.60. The molecule has 17 heavy (non-hydrogen) atoms. The topological polar surface area (TPSA) is 49.6 Å². The minimum Gasteiger partial charge on any atom is -0.340 e. The van der Waals surface area contributed by atoms with Crippen LogP contribution in [-0.4, -0.2) is 54.5 Å². The van der Waals surface area contributed by atoms with Gasteiger partial charge < -0.3 is 10.6 Å². The van der Waals surface area contributed by atoms with Gasteiger partial charge in [0.1, 0.15) is 0 Å². The molecule has 2 rings (SSSR count). The van der Waals surface area contributed by atoms with Crippen LogP contribution >= 0.6 is 24.8 Å². The molecular weight excluding hydrogens is 261 g/mol. The molecule has 2 aliphatic rings. The lowest BCUT2D eigenvalue weighted by Crippen LogP contribution is -2.53. The molecule has 0 aromatic rings. The molecule has 0 spiro atoms. The van der Waals surface area contributed by atoms with E-state index in [9.17, 15) is 4.79 Å². The average molecular weight is 284 g/mol. The molecular formula is C11H23Cl2N3O. The molecule has 0 aliphatic carbocycles. The number of hydrogen-bond donors (Lipinski definition) is 1. The van der Waals surface area contributed by atoms with Crippen LogP contribution < -0.4 is 5.73 Å². The van der Waals surface area contributed by atoms with Crippen molar-refractivity contribution in [1.82, 2.24) is 9.80 Å². The second-order valence-electron chi connectivity index (χ2n) is 4.75. The Morgan fingerprint density at radius 1 is 1.35 bits per heavy atom. The van der Waals surface area contributed by atoms with Gasteiger partial charge in [0.25, 0.3) is 0 Å². The van der Waals surface area contributed by atoms with Crippen LogP contribution in [0.4, 0.5) is 0 Å². The lowest BCUT2D eigenvalue weighted by atomic mass is 10.1. The first-order valence-corrected chi connectivity index (χ1v) is 5.95. The second kappa shape index (κ2) is 7.41. The molecule has 2 saturated heterocycles. The Balaban J connectivity index is 0.00000128. The third-order valence-corrected chi connectivity index (χ3v) is 3.67. The second-order valence-corrected chi connectivity index (χ2v) is 4.75. The van der Waals surface area contributed by atoms with Crippen LogP contribution in [0.2, 0.25) is 0 Å². The molecule has 6 heteroatoms. The highest BCUT2D eigenvalue weighted by Gasteiger charge is 2.33. The van der Waals surface area contributed by atoms with Crippen LogP contribution in [0, 0.1) is 5.92 Å². The molecule has 2 N–H and O–H groups in total. The molecule has 0 saturated carbocycles. The van der Waals surface area contributed by atoms with Crippen molar-refractivity contribution in [1.29, 1.82) is 0 Å². The third kappa shape index (κ3) is 3.71. The SMILES string of the molecule is CC(CN)C(=O)N1CCN2CCCC2C1.Cl.Cl. The Morgan fingerprint density at radius 2 is 2.06 bits per heavy atom. The monoisotopic (exact) mass is 283 g/mol. The lowest BCUT2D eigenvalue weighted by molar-refractivity contribution is -0.137. The van der Waals surface area contributed by atoms with Gasteiger partial charge in [0.2, 0.25) is 5.91 Å². The molecule has 2 unspecified atom stereocenters. The predicted octanol–water partition coefficient (Wildman–Crippen LogP) is 0.731. The molecule has 0 bridgehead atoms. The molecule has 1 amide bonds. The fourth-order valence-electron chi connectivity index (χ4n) is 2.60. The van der Waals surface area contributed by atoms with E-state index < -0.39 is 0 Å². The van der Waals surface area contributed by atoms with E-state index in [2.05, 4.69) is 4.90 Å². The van der Waals surface area contributed by atoms with E-state index in [0.29, 0.717) is 12.6 Å². The maximum Gasteiger partial charge on any atom is 0.226 e. The number of rotatable bonds is 2. The Kier molecular flexibility index (Phi) is 7.40. The summed E-state index contributed by atoms with van der Waals surface area (Å²) in [5.41, 5.74) is 5.53. The van der Waals surface area contributed by atoms with Gasteiger partial charge in [0.05, 0.1) is 0 Å². The molecule has 0 aromatic heterocycles. The molecule has 2 atom stereocenters. The Bertz CT molecular complexity index is 253. The first-order chi connectivity index (χ1) is 7.22. The van der Waals surface area contributed by atoms with Gasteiger partial charge in [-0.3, -0.25) is 9.69 Å². The zero-order valence-corrected chi connectivity index (χ0v) is 11.9. The summed E-state index contributed by atoms with van der Waals surface area (Å²) in [6.07, 6.45) is 2.54. The van der Waals surface area contributed by atoms with E-state index in [1.807, 2.05) is 11.8 Å². The normalized spacial score (nSPS) is 25.5. The molecule has 4 nitrogen and oxygen atoms in total. The van der Waals surface area contributed by atoms with Crippen LogP contribution in [0.5, 0.6) is 0 Å². The number of nitrogens with two attached hydrogens (primary N) is 1. The Labute approximate surface area is 116 Å². The number of amides is 1. The number of carbonyl (C=O) groups excluding carboxylic acids is 1. The van der Waals surface area contributed by atoms with Crippen LogP contribution in [0.3, 0.4) is 0 Å². The summed E-state index contributed by atoms with van der Waals surface area (Å²) in [6, 6.07) is 0.618. The summed E-state index contributed by atoms with van der Waals surface area (Å²) in [5.74, 6) is 0.224. The van der Waals surface area contributed by atoms with Gasteiger partial charge in [-0.05, 0) is 19.4 Å².